The molecule has 1 unspecified atom stereocenters. The van der Waals surface area contributed by atoms with E-state index in [2.05, 4.69) is 42.4 Å². The summed E-state index contributed by atoms with van der Waals surface area (Å²) in [5.41, 5.74) is 2.26. The van der Waals surface area contributed by atoms with Crippen LogP contribution in [-0.4, -0.2) is 85.3 Å². The average Bonchev–Trinajstić information content (AvgIpc) is 2.95. The van der Waals surface area contributed by atoms with Crippen molar-refractivity contribution in [3.05, 3.63) is 48.3 Å². The van der Waals surface area contributed by atoms with Crippen molar-refractivity contribution < 1.29 is 18.3 Å². The summed E-state index contributed by atoms with van der Waals surface area (Å²) < 4.78 is 39.6. The molecular formula is C27H30F2N8O2. The Bertz CT molecular complexity index is 1360. The van der Waals surface area contributed by atoms with E-state index in [1.54, 1.807) is 25.3 Å². The van der Waals surface area contributed by atoms with Crippen LogP contribution in [0.3, 0.4) is 0 Å². The number of benzene rings is 1. The van der Waals surface area contributed by atoms with Crippen molar-refractivity contribution in [1.29, 1.82) is 5.26 Å². The fourth-order valence-electron chi connectivity index (χ4n) is 4.65. The zero-order valence-corrected chi connectivity index (χ0v) is 21.8. The molecule has 0 amide bonds. The summed E-state index contributed by atoms with van der Waals surface area (Å²) in [4.78, 5) is 17.8. The molecule has 2 aromatic heterocycles. The number of piperazine rings is 1. The molecule has 5 rings (SSSR count). The van der Waals surface area contributed by atoms with E-state index in [1.807, 2.05) is 18.2 Å². The third-order valence-corrected chi connectivity index (χ3v) is 6.88. The van der Waals surface area contributed by atoms with E-state index in [-0.39, 0.29) is 17.7 Å². The molecule has 0 saturated carbocycles. The van der Waals surface area contributed by atoms with E-state index in [4.69, 9.17) is 9.47 Å². The normalized spacial score (nSPS) is 19.3. The van der Waals surface area contributed by atoms with Gasteiger partial charge >= 0.3 is 0 Å². The number of nitrogens with zero attached hydrogens (tertiary/aromatic N) is 6. The maximum absolute atomic E-state index is 14.2. The van der Waals surface area contributed by atoms with Gasteiger partial charge in [-0.1, -0.05) is 0 Å². The monoisotopic (exact) mass is 536 g/mol. The van der Waals surface area contributed by atoms with E-state index in [1.165, 1.54) is 12.4 Å². The Labute approximate surface area is 225 Å². The SMILES string of the molecule is COc1nc(Nc2cc(-c3ccc(OC4CCNCC4(F)F)c(C#N)c3)ncn2)ccc1N1CCN(C)CC1. The first-order valence-electron chi connectivity index (χ1n) is 12.7. The summed E-state index contributed by atoms with van der Waals surface area (Å²) in [6, 6.07) is 12.4. The molecule has 0 radical (unpaired) electrons. The minimum Gasteiger partial charge on any atom is -0.483 e. The lowest BCUT2D eigenvalue weighted by atomic mass is 10.0. The van der Waals surface area contributed by atoms with Crippen molar-refractivity contribution in [1.82, 2.24) is 25.2 Å². The highest BCUT2D eigenvalue weighted by Crippen LogP contribution is 2.33. The molecule has 39 heavy (non-hydrogen) atoms. The van der Waals surface area contributed by atoms with Crippen LogP contribution in [0.1, 0.15) is 12.0 Å². The summed E-state index contributed by atoms with van der Waals surface area (Å²) in [7, 11) is 3.70. The standard InChI is InChI=1S/C27H30F2N8O2/c1-36-9-11-37(12-10-36)21-4-6-24(35-26(21)38-2)34-25-14-20(32-17-33-25)18-3-5-22(19(13-18)15-30)39-23-7-8-31-16-27(23,28)29/h3-6,13-14,17,23,31H,7-12,16H2,1-2H3,(H,32,33,34,35). The van der Waals surface area contributed by atoms with Gasteiger partial charge in [-0.15, -0.1) is 0 Å². The molecule has 204 valence electrons. The number of pyridine rings is 1. The van der Waals surface area contributed by atoms with Crippen LogP contribution in [0, 0.1) is 11.3 Å². The molecule has 3 aromatic rings. The maximum atomic E-state index is 14.2. The second-order valence-corrected chi connectivity index (χ2v) is 9.58. The predicted octanol–water partition coefficient (Wildman–Crippen LogP) is 3.29. The number of anilines is 3. The summed E-state index contributed by atoms with van der Waals surface area (Å²) in [5.74, 6) is -1.32. The van der Waals surface area contributed by atoms with E-state index in [0.29, 0.717) is 35.3 Å². The van der Waals surface area contributed by atoms with Crippen LogP contribution in [-0.2, 0) is 0 Å². The number of alkyl halides is 2. The highest BCUT2D eigenvalue weighted by Gasteiger charge is 2.43. The Balaban J connectivity index is 1.33. The van der Waals surface area contributed by atoms with Crippen molar-refractivity contribution >= 4 is 17.3 Å². The summed E-state index contributed by atoms with van der Waals surface area (Å²) in [6.07, 6.45) is 0.258. The van der Waals surface area contributed by atoms with Gasteiger partial charge in [0, 0.05) is 44.2 Å². The van der Waals surface area contributed by atoms with Crippen LogP contribution in [0.2, 0.25) is 0 Å². The highest BCUT2D eigenvalue weighted by molar-refractivity contribution is 5.68. The number of hydrogen-bond acceptors (Lipinski definition) is 10. The van der Waals surface area contributed by atoms with Crippen molar-refractivity contribution in [3.8, 4) is 29.0 Å². The number of piperidine rings is 1. The van der Waals surface area contributed by atoms with Crippen molar-refractivity contribution in [2.75, 3.05) is 63.6 Å². The second-order valence-electron chi connectivity index (χ2n) is 9.58. The quantitative estimate of drug-likeness (QED) is 0.467. The Morgan fingerprint density at radius 3 is 2.67 bits per heavy atom. The van der Waals surface area contributed by atoms with Crippen LogP contribution in [0.5, 0.6) is 11.6 Å². The van der Waals surface area contributed by atoms with Crippen molar-refractivity contribution in [3.63, 3.8) is 0 Å². The van der Waals surface area contributed by atoms with Gasteiger partial charge in [-0.2, -0.15) is 10.2 Å². The van der Waals surface area contributed by atoms with E-state index >= 15 is 0 Å². The molecule has 1 aromatic carbocycles. The molecule has 1 atom stereocenters. The number of nitriles is 1. The van der Waals surface area contributed by atoms with E-state index in [0.717, 1.165) is 31.9 Å². The van der Waals surface area contributed by atoms with Gasteiger partial charge < -0.3 is 29.9 Å². The highest BCUT2D eigenvalue weighted by atomic mass is 19.3. The Morgan fingerprint density at radius 1 is 1.10 bits per heavy atom. The summed E-state index contributed by atoms with van der Waals surface area (Å²) >= 11 is 0. The number of methoxy groups -OCH3 is 1. The van der Waals surface area contributed by atoms with Crippen LogP contribution in [0.4, 0.5) is 26.1 Å². The fraction of sp³-hybridized carbons (Fsp3) is 0.407. The van der Waals surface area contributed by atoms with Gasteiger partial charge in [0.05, 0.1) is 24.9 Å². The third-order valence-electron chi connectivity index (χ3n) is 6.88. The molecule has 0 aliphatic carbocycles. The molecule has 0 bridgehead atoms. The topological polar surface area (TPSA) is 111 Å². The van der Waals surface area contributed by atoms with Gasteiger partial charge in [-0.05, 0) is 43.9 Å². The lowest BCUT2D eigenvalue weighted by Gasteiger charge is -2.34. The lowest BCUT2D eigenvalue weighted by molar-refractivity contribution is -0.109. The minimum atomic E-state index is -3.02. The first-order chi connectivity index (χ1) is 18.9. The maximum Gasteiger partial charge on any atom is 0.296 e. The Kier molecular flexibility index (Phi) is 7.72. The number of hydrogen-bond donors (Lipinski definition) is 2. The molecule has 4 heterocycles. The fourth-order valence-corrected chi connectivity index (χ4v) is 4.65. The predicted molar refractivity (Wildman–Crippen MR) is 143 cm³/mol. The molecule has 2 fully saturated rings. The van der Waals surface area contributed by atoms with Gasteiger partial charge in [0.2, 0.25) is 5.88 Å². The van der Waals surface area contributed by atoms with Crippen molar-refractivity contribution in [2.24, 2.45) is 0 Å². The zero-order chi connectivity index (χ0) is 27.4. The molecular weight excluding hydrogens is 506 g/mol. The van der Waals surface area contributed by atoms with Gasteiger partial charge in [-0.25, -0.2) is 18.7 Å². The summed E-state index contributed by atoms with van der Waals surface area (Å²) in [6.45, 7) is 3.71. The molecule has 12 heteroatoms. The minimum absolute atomic E-state index is 0.122. The second kappa shape index (κ2) is 11.3. The van der Waals surface area contributed by atoms with Crippen molar-refractivity contribution in [2.45, 2.75) is 18.4 Å². The van der Waals surface area contributed by atoms with Gasteiger partial charge in [0.1, 0.15) is 35.5 Å². The average molecular weight is 537 g/mol. The third kappa shape index (κ3) is 6.00. The molecule has 2 aliphatic heterocycles. The van der Waals surface area contributed by atoms with Crippen LogP contribution in [0.15, 0.2) is 42.7 Å². The number of nitrogens with one attached hydrogen (secondary N) is 2. The molecule has 0 spiro atoms. The molecule has 2 N–H and O–H groups in total. The number of aromatic nitrogens is 3. The smallest absolute Gasteiger partial charge is 0.296 e. The first-order valence-corrected chi connectivity index (χ1v) is 12.7. The van der Waals surface area contributed by atoms with Crippen LogP contribution < -0.4 is 25.0 Å². The first kappa shape index (κ1) is 26.5. The van der Waals surface area contributed by atoms with Crippen LogP contribution in [0.25, 0.3) is 11.3 Å². The number of likely N-dealkylation sites (N-methyl/N-ethyl adjacent to an activating group) is 1. The van der Waals surface area contributed by atoms with Gasteiger partial charge in [0.25, 0.3) is 5.92 Å². The lowest BCUT2D eigenvalue weighted by Crippen LogP contribution is -2.52. The van der Waals surface area contributed by atoms with E-state index in [9.17, 15) is 14.0 Å². The number of halogens is 2. The largest absolute Gasteiger partial charge is 0.483 e. The Hall–Kier alpha value is -4.08. The van der Waals surface area contributed by atoms with Gasteiger partial charge in [-0.3, -0.25) is 0 Å². The Morgan fingerprint density at radius 2 is 1.92 bits per heavy atom. The number of ether oxygens (including phenoxy) is 2. The molecule has 10 nitrogen and oxygen atoms in total. The number of rotatable bonds is 7. The van der Waals surface area contributed by atoms with E-state index < -0.39 is 18.6 Å². The zero-order valence-electron chi connectivity index (χ0n) is 21.8. The van der Waals surface area contributed by atoms with Gasteiger partial charge in [0.15, 0.2) is 6.10 Å². The van der Waals surface area contributed by atoms with Crippen LogP contribution >= 0.6 is 0 Å². The summed E-state index contributed by atoms with van der Waals surface area (Å²) in [5, 5.41) is 15.5. The molecule has 2 saturated heterocycles. The molecule has 2 aliphatic rings.